The number of hydrogen-bond donors (Lipinski definition) is 1. The predicted octanol–water partition coefficient (Wildman–Crippen LogP) is 4.60. The Morgan fingerprint density at radius 2 is 1.84 bits per heavy atom. The van der Waals surface area contributed by atoms with Gasteiger partial charge in [0.2, 0.25) is 0 Å². The topological polar surface area (TPSA) is 40.5 Å². The number of carbonyl (C=O) groups excluding carboxylic acids is 1. The van der Waals surface area contributed by atoms with E-state index in [0.29, 0.717) is 12.3 Å². The van der Waals surface area contributed by atoms with Crippen LogP contribution in [-0.2, 0) is 4.79 Å². The molecule has 0 aliphatic carbocycles. The maximum atomic E-state index is 11.8. The Morgan fingerprint density at radius 1 is 1.16 bits per heavy atom. The van der Waals surface area contributed by atoms with E-state index >= 15 is 0 Å². The first-order valence-corrected chi connectivity index (χ1v) is 8.75. The highest BCUT2D eigenvalue weighted by Gasteiger charge is 2.24. The molecule has 0 rings (SSSR count). The molecule has 0 aromatic heterocycles. The van der Waals surface area contributed by atoms with Crippen molar-refractivity contribution in [3.63, 3.8) is 0 Å². The molecule has 2 unspecified atom stereocenters. The number of nitrogens with zero attached hydrogens (tertiary/aromatic N) is 1. The van der Waals surface area contributed by atoms with E-state index in [1.807, 2.05) is 42.3 Å². The summed E-state index contributed by atoms with van der Waals surface area (Å²) >= 11 is 0. The summed E-state index contributed by atoms with van der Waals surface area (Å²) in [5.74, 6) is 0.171. The zero-order valence-corrected chi connectivity index (χ0v) is 15.7. The van der Waals surface area contributed by atoms with Crippen molar-refractivity contribution in [3.05, 3.63) is 74.0 Å². The summed E-state index contributed by atoms with van der Waals surface area (Å²) in [6, 6.07) is 0.0197. The predicted molar refractivity (Wildman–Crippen MR) is 108 cm³/mol. The maximum absolute atomic E-state index is 11.8. The van der Waals surface area contributed by atoms with Crippen molar-refractivity contribution in [2.45, 2.75) is 38.6 Å². The van der Waals surface area contributed by atoms with Crippen LogP contribution in [0, 0.1) is 5.92 Å². The first kappa shape index (κ1) is 22.9. The van der Waals surface area contributed by atoms with Crippen molar-refractivity contribution < 1.29 is 9.90 Å². The lowest BCUT2D eigenvalue weighted by Gasteiger charge is -2.34. The van der Waals surface area contributed by atoms with Crippen LogP contribution in [0.2, 0.25) is 0 Å². The van der Waals surface area contributed by atoms with Gasteiger partial charge in [0.1, 0.15) is 6.61 Å². The van der Waals surface area contributed by atoms with Gasteiger partial charge in [-0.3, -0.25) is 4.79 Å². The maximum Gasteiger partial charge on any atom is 0.160 e. The fraction of sp³-hybridized carbons (Fsp3) is 0.409. The molecule has 0 bridgehead atoms. The molecule has 0 saturated carbocycles. The zero-order valence-electron chi connectivity index (χ0n) is 15.7. The summed E-state index contributed by atoms with van der Waals surface area (Å²) in [5, 5.41) is 9.10. The summed E-state index contributed by atoms with van der Waals surface area (Å²) < 4.78 is 0. The van der Waals surface area contributed by atoms with Crippen molar-refractivity contribution in [1.82, 2.24) is 4.90 Å². The molecular formula is C22H33NO2. The molecule has 3 heteroatoms. The van der Waals surface area contributed by atoms with Crippen LogP contribution < -0.4 is 0 Å². The normalized spacial score (nSPS) is 14.0. The molecule has 0 aromatic carbocycles. The fourth-order valence-corrected chi connectivity index (χ4v) is 2.59. The van der Waals surface area contributed by atoms with Gasteiger partial charge in [-0.05, 0) is 31.3 Å². The molecule has 1 N–H and O–H groups in total. The lowest BCUT2D eigenvalue weighted by molar-refractivity contribution is -0.123. The van der Waals surface area contributed by atoms with Crippen molar-refractivity contribution in [2.24, 2.45) is 5.92 Å². The molecule has 0 aromatic rings. The monoisotopic (exact) mass is 343 g/mol. The van der Waals surface area contributed by atoms with E-state index in [1.54, 1.807) is 12.2 Å². The van der Waals surface area contributed by atoms with Crippen LogP contribution in [0.4, 0.5) is 0 Å². The largest absolute Gasteiger partial charge is 0.389 e. The van der Waals surface area contributed by atoms with Crippen LogP contribution in [0.1, 0.15) is 32.6 Å². The standard InChI is InChI=1S/C22H33NO2/c1-6-8-10-11-12-13-14-15-19(3)22(17-21(25)18-24)23(5)20(4)16-9-7-2/h6-12,16,19,22,24H,1-2,4,13-15,17-18H2,3,5H3/b10-8-,12-11+,16-9-. The number of ketones is 1. The van der Waals surface area contributed by atoms with Gasteiger partial charge in [0.25, 0.3) is 0 Å². The number of aliphatic hydroxyl groups is 1. The number of hydrogen-bond acceptors (Lipinski definition) is 3. The van der Waals surface area contributed by atoms with Gasteiger partial charge in [0, 0.05) is 25.2 Å². The van der Waals surface area contributed by atoms with E-state index in [2.05, 4.69) is 32.7 Å². The Balaban J connectivity index is 4.75. The van der Waals surface area contributed by atoms with Crippen molar-refractivity contribution in [3.8, 4) is 0 Å². The van der Waals surface area contributed by atoms with Crippen molar-refractivity contribution >= 4 is 5.78 Å². The highest BCUT2D eigenvalue weighted by molar-refractivity contribution is 5.80. The molecule has 0 radical (unpaired) electrons. The fourth-order valence-electron chi connectivity index (χ4n) is 2.59. The van der Waals surface area contributed by atoms with Gasteiger partial charge < -0.3 is 10.0 Å². The Bertz CT molecular complexity index is 514. The lowest BCUT2D eigenvalue weighted by Crippen LogP contribution is -2.38. The van der Waals surface area contributed by atoms with E-state index in [4.69, 9.17) is 5.11 Å². The van der Waals surface area contributed by atoms with Crippen LogP contribution >= 0.6 is 0 Å². The average molecular weight is 344 g/mol. The number of Topliss-reactive ketones (excluding diaryl/α,β-unsaturated/α-hetero) is 1. The second-order valence-corrected chi connectivity index (χ2v) is 6.12. The van der Waals surface area contributed by atoms with Gasteiger partial charge in [-0.15, -0.1) is 0 Å². The first-order chi connectivity index (χ1) is 12.0. The minimum absolute atomic E-state index is 0.0197. The Morgan fingerprint density at radius 3 is 2.44 bits per heavy atom. The molecule has 0 saturated heterocycles. The van der Waals surface area contributed by atoms with Crippen LogP contribution in [0.25, 0.3) is 0 Å². The average Bonchev–Trinajstić information content (AvgIpc) is 2.62. The van der Waals surface area contributed by atoms with Crippen LogP contribution in [0.5, 0.6) is 0 Å². The third kappa shape index (κ3) is 10.4. The van der Waals surface area contributed by atoms with Gasteiger partial charge >= 0.3 is 0 Å². The van der Waals surface area contributed by atoms with E-state index in [0.717, 1.165) is 25.0 Å². The van der Waals surface area contributed by atoms with Crippen molar-refractivity contribution in [2.75, 3.05) is 13.7 Å². The SMILES string of the molecule is C=C/C=C\C=C\CCCC(C)C(CC(=O)CO)N(C)C(=C)/C=C\C=C. The molecule has 0 fully saturated rings. The molecule has 0 heterocycles. The second kappa shape index (κ2) is 14.2. The van der Waals surface area contributed by atoms with Crippen LogP contribution in [-0.4, -0.2) is 35.5 Å². The quantitative estimate of drug-likeness (QED) is 0.370. The number of carbonyl (C=O) groups is 1. The van der Waals surface area contributed by atoms with Gasteiger partial charge in [-0.1, -0.05) is 69.2 Å². The summed E-state index contributed by atoms with van der Waals surface area (Å²) in [6.07, 6.45) is 18.5. The third-order valence-corrected chi connectivity index (χ3v) is 4.17. The number of unbranched alkanes of at least 4 members (excludes halogenated alkanes) is 1. The zero-order chi connectivity index (χ0) is 19.1. The lowest BCUT2D eigenvalue weighted by atomic mass is 9.90. The van der Waals surface area contributed by atoms with Gasteiger partial charge in [-0.2, -0.15) is 0 Å². The van der Waals surface area contributed by atoms with Crippen molar-refractivity contribution in [1.29, 1.82) is 0 Å². The molecular weight excluding hydrogens is 310 g/mol. The van der Waals surface area contributed by atoms with E-state index in [9.17, 15) is 4.79 Å². The van der Waals surface area contributed by atoms with Gasteiger partial charge in [0.05, 0.1) is 0 Å². The highest BCUT2D eigenvalue weighted by atomic mass is 16.3. The Labute approximate surface area is 153 Å². The molecule has 25 heavy (non-hydrogen) atoms. The number of aliphatic hydroxyl groups excluding tert-OH is 1. The molecule has 0 aliphatic heterocycles. The molecule has 0 aliphatic rings. The van der Waals surface area contributed by atoms with Crippen LogP contribution in [0.3, 0.4) is 0 Å². The first-order valence-electron chi connectivity index (χ1n) is 8.75. The Hall–Kier alpha value is -2.13. The molecule has 3 nitrogen and oxygen atoms in total. The molecule has 2 atom stereocenters. The van der Waals surface area contributed by atoms with E-state index in [1.165, 1.54) is 0 Å². The molecule has 0 spiro atoms. The summed E-state index contributed by atoms with van der Waals surface area (Å²) in [6.45, 7) is 13.1. The summed E-state index contributed by atoms with van der Waals surface area (Å²) in [5.41, 5.74) is 0.831. The van der Waals surface area contributed by atoms with Crippen LogP contribution in [0.15, 0.2) is 74.0 Å². The minimum Gasteiger partial charge on any atom is -0.389 e. The number of allylic oxidation sites excluding steroid dienone is 8. The summed E-state index contributed by atoms with van der Waals surface area (Å²) in [7, 11) is 1.95. The Kier molecular flexibility index (Phi) is 13.0. The second-order valence-electron chi connectivity index (χ2n) is 6.12. The molecule has 138 valence electrons. The van der Waals surface area contributed by atoms with E-state index < -0.39 is 6.61 Å². The van der Waals surface area contributed by atoms with Gasteiger partial charge in [-0.25, -0.2) is 0 Å². The summed E-state index contributed by atoms with van der Waals surface area (Å²) in [4.78, 5) is 13.8. The smallest absolute Gasteiger partial charge is 0.160 e. The minimum atomic E-state index is -0.412. The highest BCUT2D eigenvalue weighted by Crippen LogP contribution is 2.23. The number of rotatable bonds is 14. The number of likely N-dealkylation sites (N-methyl/N-ethyl adjacent to an activating group) is 1. The molecule has 0 amide bonds. The van der Waals surface area contributed by atoms with E-state index in [-0.39, 0.29) is 11.8 Å². The third-order valence-electron chi connectivity index (χ3n) is 4.17. The van der Waals surface area contributed by atoms with Gasteiger partial charge in [0.15, 0.2) is 5.78 Å².